The number of carbonyl (C=O) groups excluding carboxylic acids is 2. The Kier molecular flexibility index (Phi) is 5.18. The van der Waals surface area contributed by atoms with Crippen LogP contribution in [-0.2, 0) is 4.79 Å². The average Bonchev–Trinajstić information content (AvgIpc) is 2.61. The summed E-state index contributed by atoms with van der Waals surface area (Å²) in [6.45, 7) is 1.60. The number of anilines is 1. The fraction of sp³-hybridized carbons (Fsp3) is 0.105. The Morgan fingerprint density at radius 2 is 1.88 bits per heavy atom. The van der Waals surface area contributed by atoms with E-state index in [0.29, 0.717) is 16.7 Å². The van der Waals surface area contributed by atoms with E-state index < -0.39 is 17.4 Å². The van der Waals surface area contributed by atoms with Gasteiger partial charge in [-0.25, -0.2) is 4.79 Å². The minimum Gasteiger partial charge on any atom is -0.422 e. The number of aryl methyl sites for hydroxylation is 1. The van der Waals surface area contributed by atoms with Gasteiger partial charge in [0.25, 0.3) is 5.91 Å². The molecular formula is C19H15BrN2O4. The Hall–Kier alpha value is -2.93. The summed E-state index contributed by atoms with van der Waals surface area (Å²) in [5.41, 5.74) is 1.05. The summed E-state index contributed by atoms with van der Waals surface area (Å²) in [6, 6.07) is 13.8. The molecule has 7 heteroatoms. The van der Waals surface area contributed by atoms with Crippen molar-refractivity contribution >= 4 is 44.4 Å². The number of halogens is 1. The van der Waals surface area contributed by atoms with Gasteiger partial charge >= 0.3 is 5.63 Å². The zero-order valence-corrected chi connectivity index (χ0v) is 15.4. The van der Waals surface area contributed by atoms with E-state index in [2.05, 4.69) is 26.6 Å². The van der Waals surface area contributed by atoms with Crippen LogP contribution in [0.4, 0.5) is 5.69 Å². The molecule has 0 radical (unpaired) electrons. The van der Waals surface area contributed by atoms with E-state index in [1.807, 2.05) is 19.1 Å². The molecule has 0 fully saturated rings. The van der Waals surface area contributed by atoms with Gasteiger partial charge in [-0.1, -0.05) is 34.1 Å². The van der Waals surface area contributed by atoms with Crippen LogP contribution < -0.4 is 16.3 Å². The number of amides is 2. The molecule has 0 spiro atoms. The highest BCUT2D eigenvalue weighted by atomic mass is 79.9. The third-order valence-corrected chi connectivity index (χ3v) is 4.25. The molecule has 0 aliphatic heterocycles. The molecule has 0 aliphatic rings. The number of carbonyl (C=O) groups is 2. The van der Waals surface area contributed by atoms with Crippen molar-refractivity contribution in [3.05, 3.63) is 74.6 Å². The van der Waals surface area contributed by atoms with Gasteiger partial charge in [0.15, 0.2) is 0 Å². The summed E-state index contributed by atoms with van der Waals surface area (Å²) in [4.78, 5) is 36.2. The zero-order chi connectivity index (χ0) is 18.7. The molecule has 2 aromatic carbocycles. The van der Waals surface area contributed by atoms with Crippen molar-refractivity contribution in [2.24, 2.45) is 0 Å². The Balaban J connectivity index is 1.67. The highest BCUT2D eigenvalue weighted by molar-refractivity contribution is 9.10. The number of hydrogen-bond donors (Lipinski definition) is 2. The molecule has 1 heterocycles. The number of fused-ring (bicyclic) bond motifs is 1. The molecule has 0 saturated carbocycles. The minimum absolute atomic E-state index is 0.142. The van der Waals surface area contributed by atoms with Crippen molar-refractivity contribution in [2.45, 2.75) is 6.92 Å². The van der Waals surface area contributed by atoms with Crippen molar-refractivity contribution in [3.63, 3.8) is 0 Å². The first-order valence-corrected chi connectivity index (χ1v) is 8.60. The van der Waals surface area contributed by atoms with Crippen molar-refractivity contribution in [1.29, 1.82) is 0 Å². The summed E-state index contributed by atoms with van der Waals surface area (Å²) in [5.74, 6) is -1.05. The molecule has 26 heavy (non-hydrogen) atoms. The second-order valence-corrected chi connectivity index (χ2v) is 6.59. The van der Waals surface area contributed by atoms with E-state index in [4.69, 9.17) is 4.42 Å². The molecule has 0 atom stereocenters. The standard InChI is InChI=1S/C19H15BrN2O4/c1-11-8-13(20)6-7-15(11)22-17(23)10-21-18(24)14-9-12-4-2-3-5-16(12)26-19(14)25/h2-9H,10H2,1H3,(H,21,24)(H,22,23). The Bertz CT molecular complexity index is 1060. The van der Waals surface area contributed by atoms with Crippen LogP contribution in [0.15, 0.2) is 62.2 Å². The van der Waals surface area contributed by atoms with Gasteiger partial charge in [-0.15, -0.1) is 0 Å². The fourth-order valence-corrected chi connectivity index (χ4v) is 2.91. The molecule has 2 amide bonds. The van der Waals surface area contributed by atoms with E-state index in [9.17, 15) is 14.4 Å². The molecule has 3 aromatic rings. The van der Waals surface area contributed by atoms with Gasteiger partial charge in [0.2, 0.25) is 5.91 Å². The van der Waals surface area contributed by atoms with Gasteiger partial charge in [0.05, 0.1) is 6.54 Å². The Morgan fingerprint density at radius 1 is 1.12 bits per heavy atom. The summed E-state index contributed by atoms with van der Waals surface area (Å²) in [7, 11) is 0. The number of hydrogen-bond acceptors (Lipinski definition) is 4. The van der Waals surface area contributed by atoms with Gasteiger partial charge in [-0.05, 0) is 42.8 Å². The molecule has 6 nitrogen and oxygen atoms in total. The van der Waals surface area contributed by atoms with Gasteiger partial charge in [0, 0.05) is 15.5 Å². The van der Waals surface area contributed by atoms with Crippen molar-refractivity contribution < 1.29 is 14.0 Å². The Labute approximate surface area is 157 Å². The smallest absolute Gasteiger partial charge is 0.349 e. The minimum atomic E-state index is -0.745. The number of benzene rings is 2. The summed E-state index contributed by atoms with van der Waals surface area (Å²) in [5, 5.41) is 5.78. The van der Waals surface area contributed by atoms with Crippen LogP contribution in [0.5, 0.6) is 0 Å². The van der Waals surface area contributed by atoms with Crippen molar-refractivity contribution in [3.8, 4) is 0 Å². The van der Waals surface area contributed by atoms with Crippen LogP contribution in [0, 0.1) is 6.92 Å². The maximum atomic E-state index is 12.2. The van der Waals surface area contributed by atoms with Gasteiger partial charge in [-0.2, -0.15) is 0 Å². The lowest BCUT2D eigenvalue weighted by Crippen LogP contribution is -2.35. The van der Waals surface area contributed by atoms with Crippen LogP contribution in [0.3, 0.4) is 0 Å². The van der Waals surface area contributed by atoms with Crippen molar-refractivity contribution in [2.75, 3.05) is 11.9 Å². The summed E-state index contributed by atoms with van der Waals surface area (Å²) in [6.07, 6.45) is 0. The van der Waals surface area contributed by atoms with E-state index in [-0.39, 0.29) is 12.1 Å². The van der Waals surface area contributed by atoms with E-state index in [1.165, 1.54) is 6.07 Å². The monoisotopic (exact) mass is 414 g/mol. The topological polar surface area (TPSA) is 88.4 Å². The SMILES string of the molecule is Cc1cc(Br)ccc1NC(=O)CNC(=O)c1cc2ccccc2oc1=O. The fourth-order valence-electron chi connectivity index (χ4n) is 2.44. The summed E-state index contributed by atoms with van der Waals surface area (Å²) >= 11 is 3.35. The first-order valence-electron chi connectivity index (χ1n) is 7.81. The lowest BCUT2D eigenvalue weighted by Gasteiger charge is -2.09. The van der Waals surface area contributed by atoms with E-state index >= 15 is 0 Å². The predicted octanol–water partition coefficient (Wildman–Crippen LogP) is 3.23. The normalized spacial score (nSPS) is 10.5. The van der Waals surface area contributed by atoms with Crippen LogP contribution in [-0.4, -0.2) is 18.4 Å². The van der Waals surface area contributed by atoms with Gasteiger partial charge in [-0.3, -0.25) is 9.59 Å². The maximum Gasteiger partial charge on any atom is 0.349 e. The highest BCUT2D eigenvalue weighted by Crippen LogP contribution is 2.19. The van der Waals surface area contributed by atoms with Crippen LogP contribution >= 0.6 is 15.9 Å². The molecule has 3 rings (SSSR count). The van der Waals surface area contributed by atoms with E-state index in [0.717, 1.165) is 10.0 Å². The van der Waals surface area contributed by atoms with Crippen LogP contribution in [0.1, 0.15) is 15.9 Å². The third kappa shape index (κ3) is 4.00. The van der Waals surface area contributed by atoms with Crippen LogP contribution in [0.25, 0.3) is 11.0 Å². The molecule has 1 aromatic heterocycles. The highest BCUT2D eigenvalue weighted by Gasteiger charge is 2.15. The molecule has 0 aliphatic carbocycles. The van der Waals surface area contributed by atoms with Crippen molar-refractivity contribution in [1.82, 2.24) is 5.32 Å². The van der Waals surface area contributed by atoms with Crippen LogP contribution in [0.2, 0.25) is 0 Å². The number of rotatable bonds is 4. The van der Waals surface area contributed by atoms with Gasteiger partial charge < -0.3 is 15.1 Å². The second kappa shape index (κ2) is 7.53. The number of para-hydroxylation sites is 1. The summed E-state index contributed by atoms with van der Waals surface area (Å²) < 4.78 is 6.03. The molecular weight excluding hydrogens is 400 g/mol. The lowest BCUT2D eigenvalue weighted by molar-refractivity contribution is -0.115. The number of nitrogens with one attached hydrogen (secondary N) is 2. The molecule has 132 valence electrons. The average molecular weight is 415 g/mol. The largest absolute Gasteiger partial charge is 0.422 e. The van der Waals surface area contributed by atoms with E-state index in [1.54, 1.807) is 30.3 Å². The molecule has 0 saturated heterocycles. The molecule has 0 unspecified atom stereocenters. The quantitative estimate of drug-likeness (QED) is 0.641. The third-order valence-electron chi connectivity index (χ3n) is 3.76. The lowest BCUT2D eigenvalue weighted by atomic mass is 10.2. The zero-order valence-electron chi connectivity index (χ0n) is 13.8. The maximum absolute atomic E-state index is 12.2. The molecule has 0 bridgehead atoms. The predicted molar refractivity (Wildman–Crippen MR) is 102 cm³/mol. The first-order chi connectivity index (χ1) is 12.4. The molecule has 2 N–H and O–H groups in total. The van der Waals surface area contributed by atoms with Gasteiger partial charge in [0.1, 0.15) is 11.1 Å². The second-order valence-electron chi connectivity index (χ2n) is 5.68. The first kappa shape index (κ1) is 17.9. The Morgan fingerprint density at radius 3 is 2.65 bits per heavy atom.